The summed E-state index contributed by atoms with van der Waals surface area (Å²) < 4.78 is 16.1. The molecule has 1 amide bonds. The van der Waals surface area contributed by atoms with Crippen LogP contribution in [0.15, 0.2) is 103 Å². The van der Waals surface area contributed by atoms with Gasteiger partial charge in [-0.25, -0.2) is 4.79 Å². The molecule has 1 unspecified atom stereocenters. The number of carbonyl (C=O) groups excluding carboxylic acids is 3. The zero-order chi connectivity index (χ0) is 29.8. The second-order valence-electron chi connectivity index (χ2n) is 9.74. The minimum atomic E-state index is -0.974. The first kappa shape index (κ1) is 28.2. The molecule has 0 bridgehead atoms. The average molecular weight is 564 g/mol. The van der Waals surface area contributed by atoms with E-state index in [9.17, 15) is 19.5 Å². The number of aryl methyl sites for hydroxylation is 1. The Balaban J connectivity index is 1.57. The number of aliphatic hydroxyl groups is 1. The fraction of sp³-hybridized carbons (Fsp3) is 0.147. The van der Waals surface area contributed by atoms with Crippen molar-refractivity contribution in [2.24, 2.45) is 0 Å². The molecule has 5 rings (SSSR count). The van der Waals surface area contributed by atoms with E-state index in [0.29, 0.717) is 34.9 Å². The van der Waals surface area contributed by atoms with E-state index in [1.807, 2.05) is 37.3 Å². The lowest BCUT2D eigenvalue weighted by Gasteiger charge is -2.26. The normalized spacial score (nSPS) is 15.9. The number of benzene rings is 4. The number of ether oxygens (including phenoxy) is 3. The summed E-state index contributed by atoms with van der Waals surface area (Å²) in [6.45, 7) is 2.22. The zero-order valence-electron chi connectivity index (χ0n) is 23.4. The van der Waals surface area contributed by atoms with Gasteiger partial charge in [0, 0.05) is 11.3 Å². The van der Waals surface area contributed by atoms with Gasteiger partial charge in [0.25, 0.3) is 11.7 Å². The maximum absolute atomic E-state index is 13.5. The Labute approximate surface area is 243 Å². The number of methoxy groups -OCH3 is 2. The maximum Gasteiger partial charge on any atom is 0.337 e. The Morgan fingerprint density at radius 3 is 2.26 bits per heavy atom. The summed E-state index contributed by atoms with van der Waals surface area (Å²) in [5.74, 6) is -1.37. The molecule has 0 aromatic heterocycles. The Morgan fingerprint density at radius 2 is 1.60 bits per heavy atom. The van der Waals surface area contributed by atoms with E-state index in [2.05, 4.69) is 0 Å². The molecule has 42 heavy (non-hydrogen) atoms. The molecule has 0 spiro atoms. The second-order valence-corrected chi connectivity index (χ2v) is 9.74. The van der Waals surface area contributed by atoms with Crippen LogP contribution in [0.5, 0.6) is 11.5 Å². The van der Waals surface area contributed by atoms with E-state index < -0.39 is 23.7 Å². The summed E-state index contributed by atoms with van der Waals surface area (Å²) in [6, 6.07) is 27.0. The van der Waals surface area contributed by atoms with Gasteiger partial charge in [0.05, 0.1) is 31.4 Å². The van der Waals surface area contributed by atoms with Crippen molar-refractivity contribution in [1.29, 1.82) is 0 Å². The van der Waals surface area contributed by atoms with Crippen molar-refractivity contribution in [2.75, 3.05) is 19.1 Å². The molecule has 212 valence electrons. The van der Waals surface area contributed by atoms with Crippen molar-refractivity contribution >= 4 is 29.1 Å². The van der Waals surface area contributed by atoms with E-state index >= 15 is 0 Å². The molecule has 4 aromatic rings. The van der Waals surface area contributed by atoms with E-state index in [-0.39, 0.29) is 16.9 Å². The van der Waals surface area contributed by atoms with Crippen LogP contribution in [0.1, 0.15) is 38.7 Å². The number of ketones is 1. The first-order chi connectivity index (χ1) is 20.3. The third-order valence-electron chi connectivity index (χ3n) is 7.11. The minimum absolute atomic E-state index is 0.0778. The van der Waals surface area contributed by atoms with Crippen molar-refractivity contribution in [1.82, 2.24) is 0 Å². The highest BCUT2D eigenvalue weighted by Gasteiger charge is 2.47. The van der Waals surface area contributed by atoms with Gasteiger partial charge in [0.15, 0.2) is 0 Å². The second kappa shape index (κ2) is 12.0. The monoisotopic (exact) mass is 563 g/mol. The minimum Gasteiger partial charge on any atom is -0.507 e. The van der Waals surface area contributed by atoms with Gasteiger partial charge in [0.1, 0.15) is 23.9 Å². The average Bonchev–Trinajstić information content (AvgIpc) is 3.29. The van der Waals surface area contributed by atoms with E-state index in [0.717, 1.165) is 11.1 Å². The molecule has 1 fully saturated rings. The van der Waals surface area contributed by atoms with Gasteiger partial charge in [-0.05, 0) is 72.1 Å². The van der Waals surface area contributed by atoms with Gasteiger partial charge in [-0.15, -0.1) is 0 Å². The number of esters is 1. The third-order valence-corrected chi connectivity index (χ3v) is 7.11. The molecule has 1 atom stereocenters. The number of amides is 1. The van der Waals surface area contributed by atoms with Crippen LogP contribution in [0.4, 0.5) is 5.69 Å². The zero-order valence-corrected chi connectivity index (χ0v) is 23.4. The molecule has 1 aliphatic rings. The van der Waals surface area contributed by atoms with Crippen molar-refractivity contribution in [3.63, 3.8) is 0 Å². The first-order valence-corrected chi connectivity index (χ1v) is 13.2. The van der Waals surface area contributed by atoms with Crippen LogP contribution in [-0.2, 0) is 20.9 Å². The predicted octanol–water partition coefficient (Wildman–Crippen LogP) is 6.00. The van der Waals surface area contributed by atoms with Crippen LogP contribution in [0.3, 0.4) is 0 Å². The summed E-state index contributed by atoms with van der Waals surface area (Å²) in [6.07, 6.45) is 0. The number of hydrogen-bond donors (Lipinski definition) is 1. The Kier molecular flexibility index (Phi) is 8.06. The maximum atomic E-state index is 13.5. The molecule has 4 aromatic carbocycles. The molecule has 0 radical (unpaired) electrons. The molecule has 1 saturated heterocycles. The predicted molar refractivity (Wildman–Crippen MR) is 158 cm³/mol. The molecular formula is C34H29NO7. The summed E-state index contributed by atoms with van der Waals surface area (Å²) in [5.41, 5.74) is 3.13. The van der Waals surface area contributed by atoms with Gasteiger partial charge in [-0.1, -0.05) is 48.5 Å². The highest BCUT2D eigenvalue weighted by atomic mass is 16.5. The van der Waals surface area contributed by atoms with E-state index in [1.54, 1.807) is 60.7 Å². The third kappa shape index (κ3) is 5.47. The molecule has 0 aliphatic carbocycles. The van der Waals surface area contributed by atoms with Gasteiger partial charge >= 0.3 is 5.97 Å². The summed E-state index contributed by atoms with van der Waals surface area (Å²) in [4.78, 5) is 40.6. The standard InChI is InChI=1S/C34H29NO7/c1-21-18-24(14-17-28(21)42-20-22-8-5-4-6-9-22)31(36)29-30(23-12-15-27(40-2)16-13-23)35(33(38)32(29)37)26-11-7-10-25(19-26)34(39)41-3/h4-19,30,36H,20H2,1-3H3/b31-29+. The first-order valence-electron chi connectivity index (χ1n) is 13.2. The highest BCUT2D eigenvalue weighted by molar-refractivity contribution is 6.51. The van der Waals surface area contributed by atoms with Crippen molar-refractivity contribution in [3.05, 3.63) is 130 Å². The number of nitrogens with zero attached hydrogens (tertiary/aromatic N) is 1. The number of carbonyl (C=O) groups is 3. The number of aliphatic hydroxyl groups excluding tert-OH is 1. The van der Waals surface area contributed by atoms with Gasteiger partial charge in [-0.3, -0.25) is 14.5 Å². The van der Waals surface area contributed by atoms with Crippen molar-refractivity contribution in [3.8, 4) is 11.5 Å². The lowest BCUT2D eigenvalue weighted by Crippen LogP contribution is -2.29. The highest BCUT2D eigenvalue weighted by Crippen LogP contribution is 2.43. The number of rotatable bonds is 8. The van der Waals surface area contributed by atoms with E-state index in [1.165, 1.54) is 25.2 Å². The summed E-state index contributed by atoms with van der Waals surface area (Å²) >= 11 is 0. The Morgan fingerprint density at radius 1 is 0.857 bits per heavy atom. The molecule has 8 nitrogen and oxygen atoms in total. The molecule has 1 N–H and O–H groups in total. The van der Waals surface area contributed by atoms with Crippen molar-refractivity contribution in [2.45, 2.75) is 19.6 Å². The van der Waals surface area contributed by atoms with E-state index in [4.69, 9.17) is 14.2 Å². The van der Waals surface area contributed by atoms with Crippen LogP contribution in [0.2, 0.25) is 0 Å². The Hall–Kier alpha value is -5.37. The largest absolute Gasteiger partial charge is 0.507 e. The van der Waals surface area contributed by atoms with Gasteiger partial charge < -0.3 is 19.3 Å². The molecule has 1 aliphatic heterocycles. The molecule has 0 saturated carbocycles. The fourth-order valence-corrected chi connectivity index (χ4v) is 4.95. The van der Waals surface area contributed by atoms with Gasteiger partial charge in [-0.2, -0.15) is 0 Å². The quantitative estimate of drug-likeness (QED) is 0.121. The molecule has 1 heterocycles. The lowest BCUT2D eigenvalue weighted by atomic mass is 9.94. The van der Waals surface area contributed by atoms with Crippen LogP contribution in [0.25, 0.3) is 5.76 Å². The molecular weight excluding hydrogens is 534 g/mol. The number of Topliss-reactive ketones (excluding diaryl/α,β-unsaturated/α-hetero) is 1. The molecule has 8 heteroatoms. The summed E-state index contributed by atoms with van der Waals surface area (Å²) in [5, 5.41) is 11.6. The SMILES string of the molecule is COC(=O)c1cccc(N2C(=O)C(=O)/C(=C(/O)c3ccc(OCc4ccccc4)c(C)c3)C2c2ccc(OC)cc2)c1. The van der Waals surface area contributed by atoms with Crippen LogP contribution < -0.4 is 14.4 Å². The smallest absolute Gasteiger partial charge is 0.337 e. The number of hydrogen-bond acceptors (Lipinski definition) is 7. The topological polar surface area (TPSA) is 102 Å². The van der Waals surface area contributed by atoms with Crippen LogP contribution >= 0.6 is 0 Å². The lowest BCUT2D eigenvalue weighted by molar-refractivity contribution is -0.132. The van der Waals surface area contributed by atoms with Crippen molar-refractivity contribution < 1.29 is 33.7 Å². The Bertz CT molecular complexity index is 1680. The van der Waals surface area contributed by atoms with Gasteiger partial charge in [0.2, 0.25) is 0 Å². The summed E-state index contributed by atoms with van der Waals surface area (Å²) in [7, 11) is 2.80. The fourth-order valence-electron chi connectivity index (χ4n) is 4.95. The van der Waals surface area contributed by atoms with Crippen LogP contribution in [0, 0.1) is 6.92 Å². The van der Waals surface area contributed by atoms with Crippen LogP contribution in [-0.4, -0.2) is 37.0 Å². The number of anilines is 1.